The van der Waals surface area contributed by atoms with Gasteiger partial charge in [-0.05, 0) is 51.4 Å². The van der Waals surface area contributed by atoms with Crippen molar-refractivity contribution in [3.63, 3.8) is 0 Å². The molecular weight excluding hydrogens is 476 g/mol. The van der Waals surface area contributed by atoms with Crippen molar-refractivity contribution in [1.82, 2.24) is 0 Å². The van der Waals surface area contributed by atoms with Crippen molar-refractivity contribution in [3.8, 4) is 0 Å². The molecule has 0 rings (SSSR count). The molecule has 0 heterocycles. The van der Waals surface area contributed by atoms with E-state index in [1.165, 1.54) is 12.8 Å². The van der Waals surface area contributed by atoms with Gasteiger partial charge in [-0.3, -0.25) is 9.59 Å². The average molecular weight is 531 g/mol. The SMILES string of the molecule is CC/C=C/C=C/C=C/CCCCCCCC(=O)OCC(CO)OC(=O)CCCCC/C=C/C=C/CCCC. The van der Waals surface area contributed by atoms with Crippen molar-refractivity contribution in [2.45, 2.75) is 123 Å². The number of esters is 2. The quantitative estimate of drug-likeness (QED) is 0.0728. The van der Waals surface area contributed by atoms with Gasteiger partial charge in [-0.15, -0.1) is 0 Å². The minimum Gasteiger partial charge on any atom is -0.462 e. The number of aliphatic hydroxyl groups excluding tert-OH is 1. The topological polar surface area (TPSA) is 72.8 Å². The molecule has 5 heteroatoms. The molecule has 216 valence electrons. The maximum absolute atomic E-state index is 12.0. The van der Waals surface area contributed by atoms with Gasteiger partial charge in [-0.2, -0.15) is 0 Å². The van der Waals surface area contributed by atoms with Crippen LogP contribution in [0, 0.1) is 0 Å². The molecule has 38 heavy (non-hydrogen) atoms. The number of unbranched alkanes of at least 4 members (excludes halogenated alkanes) is 10. The molecule has 1 unspecified atom stereocenters. The van der Waals surface area contributed by atoms with Gasteiger partial charge in [0.05, 0.1) is 6.61 Å². The normalized spacial score (nSPS) is 13.0. The zero-order chi connectivity index (χ0) is 27.9. The molecule has 0 aromatic rings. The van der Waals surface area contributed by atoms with Crippen molar-refractivity contribution in [2.24, 2.45) is 0 Å². The summed E-state index contributed by atoms with van der Waals surface area (Å²) in [6.45, 7) is 3.87. The van der Waals surface area contributed by atoms with Crippen LogP contribution >= 0.6 is 0 Å². The van der Waals surface area contributed by atoms with E-state index in [9.17, 15) is 14.7 Å². The Hall–Kier alpha value is -2.40. The zero-order valence-corrected chi connectivity index (χ0v) is 24.2. The molecule has 0 aliphatic rings. The third-order valence-corrected chi connectivity index (χ3v) is 5.88. The summed E-state index contributed by atoms with van der Waals surface area (Å²) >= 11 is 0. The fourth-order valence-corrected chi connectivity index (χ4v) is 3.59. The van der Waals surface area contributed by atoms with Crippen molar-refractivity contribution in [1.29, 1.82) is 0 Å². The Kier molecular flexibility index (Phi) is 27.3. The fraction of sp³-hybridized carbons (Fsp3) is 0.636. The zero-order valence-electron chi connectivity index (χ0n) is 24.2. The number of allylic oxidation sites excluding steroid dienone is 10. The highest BCUT2D eigenvalue weighted by Crippen LogP contribution is 2.10. The van der Waals surface area contributed by atoms with Crippen LogP contribution in [0.4, 0.5) is 0 Å². The standard InChI is InChI=1S/C33H54O5/c1-3-5-7-9-11-13-15-16-18-19-21-23-25-27-32(35)37-30-31(29-34)38-33(36)28-26-24-22-20-17-14-12-10-8-6-4-2/h5,7,9-15,17,31,34H,3-4,6,8,16,18-30H2,1-2H3/b7-5+,11-9+,12-10+,15-13+,17-14+. The Morgan fingerprint density at radius 1 is 0.632 bits per heavy atom. The molecule has 1 N–H and O–H groups in total. The smallest absolute Gasteiger partial charge is 0.306 e. The summed E-state index contributed by atoms with van der Waals surface area (Å²) in [5.74, 6) is -0.659. The lowest BCUT2D eigenvalue weighted by Gasteiger charge is -2.15. The third-order valence-electron chi connectivity index (χ3n) is 5.88. The molecule has 0 aliphatic heterocycles. The lowest BCUT2D eigenvalue weighted by atomic mass is 10.1. The van der Waals surface area contributed by atoms with Crippen molar-refractivity contribution >= 4 is 11.9 Å². The van der Waals surface area contributed by atoms with Gasteiger partial charge >= 0.3 is 11.9 Å². The predicted molar refractivity (Wildman–Crippen MR) is 159 cm³/mol. The molecule has 0 aliphatic carbocycles. The van der Waals surface area contributed by atoms with Crippen LogP contribution < -0.4 is 0 Å². The molecule has 0 saturated carbocycles. The first-order valence-corrected chi connectivity index (χ1v) is 14.9. The van der Waals surface area contributed by atoms with Crippen LogP contribution in [0.1, 0.15) is 117 Å². The molecule has 0 fully saturated rings. The number of carbonyl (C=O) groups is 2. The van der Waals surface area contributed by atoms with Gasteiger partial charge in [-0.1, -0.05) is 113 Å². The van der Waals surface area contributed by atoms with Crippen LogP contribution in [-0.4, -0.2) is 36.4 Å². The summed E-state index contributed by atoms with van der Waals surface area (Å²) in [5.41, 5.74) is 0. The first kappa shape index (κ1) is 35.6. The molecule has 0 bridgehead atoms. The van der Waals surface area contributed by atoms with Crippen LogP contribution in [0.5, 0.6) is 0 Å². The van der Waals surface area contributed by atoms with Gasteiger partial charge in [0, 0.05) is 12.8 Å². The van der Waals surface area contributed by atoms with E-state index < -0.39 is 6.10 Å². The number of carbonyl (C=O) groups excluding carboxylic acids is 2. The second-order valence-electron chi connectivity index (χ2n) is 9.53. The van der Waals surface area contributed by atoms with Gasteiger partial charge < -0.3 is 14.6 Å². The Bertz CT molecular complexity index is 702. The van der Waals surface area contributed by atoms with E-state index in [2.05, 4.69) is 68.5 Å². The summed E-state index contributed by atoms with van der Waals surface area (Å²) < 4.78 is 10.5. The van der Waals surface area contributed by atoms with E-state index in [0.29, 0.717) is 12.8 Å². The summed E-state index contributed by atoms with van der Waals surface area (Å²) in [5, 5.41) is 9.45. The molecule has 1 atom stereocenters. The Labute approximate surface area is 232 Å². The average Bonchev–Trinajstić information content (AvgIpc) is 2.92. The molecule has 0 spiro atoms. The molecule has 0 radical (unpaired) electrons. The van der Waals surface area contributed by atoms with Gasteiger partial charge in [-0.25, -0.2) is 0 Å². The van der Waals surface area contributed by atoms with E-state index in [1.54, 1.807) is 0 Å². The monoisotopic (exact) mass is 530 g/mol. The van der Waals surface area contributed by atoms with E-state index in [0.717, 1.165) is 77.0 Å². The molecule has 5 nitrogen and oxygen atoms in total. The van der Waals surface area contributed by atoms with Crippen LogP contribution in [0.3, 0.4) is 0 Å². The molecule has 0 aromatic heterocycles. The number of hydrogen-bond donors (Lipinski definition) is 1. The minimum absolute atomic E-state index is 0.0906. The van der Waals surface area contributed by atoms with Crippen LogP contribution in [0.15, 0.2) is 60.8 Å². The van der Waals surface area contributed by atoms with E-state index in [1.807, 2.05) is 6.08 Å². The number of hydrogen-bond acceptors (Lipinski definition) is 5. The third kappa shape index (κ3) is 26.7. The highest BCUT2D eigenvalue weighted by atomic mass is 16.6. The summed E-state index contributed by atoms with van der Waals surface area (Å²) in [4.78, 5) is 24.0. The van der Waals surface area contributed by atoms with E-state index >= 15 is 0 Å². The van der Waals surface area contributed by atoms with E-state index in [4.69, 9.17) is 9.47 Å². The molecular formula is C33H54O5. The largest absolute Gasteiger partial charge is 0.462 e. The Balaban J connectivity index is 3.72. The maximum atomic E-state index is 12.0. The molecule has 0 saturated heterocycles. The lowest BCUT2D eigenvalue weighted by Crippen LogP contribution is -2.28. The predicted octanol–water partition coefficient (Wildman–Crippen LogP) is 8.50. The highest BCUT2D eigenvalue weighted by Gasteiger charge is 2.16. The van der Waals surface area contributed by atoms with Crippen molar-refractivity contribution in [2.75, 3.05) is 13.2 Å². The molecule has 0 aromatic carbocycles. The fourth-order valence-electron chi connectivity index (χ4n) is 3.59. The Morgan fingerprint density at radius 2 is 1.13 bits per heavy atom. The highest BCUT2D eigenvalue weighted by molar-refractivity contribution is 5.70. The number of aliphatic hydroxyl groups is 1. The van der Waals surface area contributed by atoms with Gasteiger partial charge in [0.2, 0.25) is 0 Å². The Morgan fingerprint density at radius 3 is 1.74 bits per heavy atom. The van der Waals surface area contributed by atoms with E-state index in [-0.39, 0.29) is 25.2 Å². The lowest BCUT2D eigenvalue weighted by molar-refractivity contribution is -0.161. The van der Waals surface area contributed by atoms with Crippen molar-refractivity contribution < 1.29 is 24.2 Å². The summed E-state index contributed by atoms with van der Waals surface area (Å²) in [7, 11) is 0. The van der Waals surface area contributed by atoms with Gasteiger partial charge in [0.25, 0.3) is 0 Å². The maximum Gasteiger partial charge on any atom is 0.306 e. The minimum atomic E-state index is -0.792. The second kappa shape index (κ2) is 29.2. The number of rotatable bonds is 25. The van der Waals surface area contributed by atoms with Crippen LogP contribution in [0.2, 0.25) is 0 Å². The summed E-state index contributed by atoms with van der Waals surface area (Å²) in [6, 6.07) is 0. The summed E-state index contributed by atoms with van der Waals surface area (Å²) in [6.07, 6.45) is 35.6. The number of ether oxygens (including phenoxy) is 2. The first-order valence-electron chi connectivity index (χ1n) is 14.9. The first-order chi connectivity index (χ1) is 18.6. The van der Waals surface area contributed by atoms with Crippen LogP contribution in [0.25, 0.3) is 0 Å². The second-order valence-corrected chi connectivity index (χ2v) is 9.53. The van der Waals surface area contributed by atoms with Gasteiger partial charge in [0.15, 0.2) is 6.10 Å². The van der Waals surface area contributed by atoms with Crippen molar-refractivity contribution in [3.05, 3.63) is 60.8 Å². The molecule has 0 amide bonds. The van der Waals surface area contributed by atoms with Gasteiger partial charge in [0.1, 0.15) is 6.61 Å². The van der Waals surface area contributed by atoms with Crippen LogP contribution in [-0.2, 0) is 19.1 Å².